The first-order valence-electron chi connectivity index (χ1n) is 5.29. The van der Waals surface area contributed by atoms with Crippen molar-refractivity contribution in [3.8, 4) is 0 Å². The molecule has 0 bridgehead atoms. The largest absolute Gasteiger partial charge is 0.331 e. The lowest BCUT2D eigenvalue weighted by Crippen LogP contribution is -2.31. The smallest absolute Gasteiger partial charge is 0.133 e. The van der Waals surface area contributed by atoms with Crippen LogP contribution in [-0.2, 0) is 0 Å². The maximum atomic E-state index is 4.68. The van der Waals surface area contributed by atoms with E-state index in [4.69, 9.17) is 0 Å². The van der Waals surface area contributed by atoms with Gasteiger partial charge in [-0.25, -0.2) is 0 Å². The second-order valence-electron chi connectivity index (χ2n) is 4.16. The van der Waals surface area contributed by atoms with Crippen molar-refractivity contribution < 1.29 is 0 Å². The van der Waals surface area contributed by atoms with Crippen LogP contribution in [0.15, 0.2) is 35.3 Å². The fraction of sp³-hybridized carbons (Fsp3) is 0.417. The van der Waals surface area contributed by atoms with Crippen LogP contribution < -0.4 is 4.90 Å². The first-order chi connectivity index (χ1) is 7.32. The van der Waals surface area contributed by atoms with Crippen molar-refractivity contribution in [2.24, 2.45) is 4.99 Å². The van der Waals surface area contributed by atoms with Gasteiger partial charge in [-0.05, 0) is 24.3 Å². The molecule has 0 saturated carbocycles. The van der Waals surface area contributed by atoms with Gasteiger partial charge in [0.25, 0.3) is 0 Å². The Bertz CT molecular complexity index is 393. The van der Waals surface area contributed by atoms with E-state index in [-0.39, 0.29) is 5.54 Å². The summed E-state index contributed by atoms with van der Waals surface area (Å²) in [5.74, 6) is 3.72. The third-order valence-electron chi connectivity index (χ3n) is 3.15. The van der Waals surface area contributed by atoms with E-state index in [2.05, 4.69) is 41.2 Å². The summed E-state index contributed by atoms with van der Waals surface area (Å²) in [7, 11) is 2.12. The van der Waals surface area contributed by atoms with Gasteiger partial charge in [0.05, 0.1) is 0 Å². The lowest BCUT2D eigenvalue weighted by molar-refractivity contribution is 0.742. The molecule has 15 heavy (non-hydrogen) atoms. The number of hydrogen-bond acceptors (Lipinski definition) is 3. The van der Waals surface area contributed by atoms with Crippen molar-refractivity contribution in [3.63, 3.8) is 0 Å². The number of amidine groups is 1. The monoisotopic (exact) mass is 218 g/mol. The van der Waals surface area contributed by atoms with E-state index in [1.807, 2.05) is 17.8 Å². The zero-order chi connectivity index (χ0) is 10.3. The lowest BCUT2D eigenvalue weighted by Gasteiger charge is -2.17. The molecule has 2 heterocycles. The van der Waals surface area contributed by atoms with Gasteiger partial charge in [0, 0.05) is 18.5 Å². The Morgan fingerprint density at radius 3 is 2.80 bits per heavy atom. The number of likely N-dealkylation sites (N-methyl/N-ethyl adjacent to an activating group) is 1. The Balaban J connectivity index is 1.77. The minimum Gasteiger partial charge on any atom is -0.331 e. The predicted octanol–water partition coefficient (Wildman–Crippen LogP) is 2.41. The molecular formula is C12H14N2S. The van der Waals surface area contributed by atoms with Gasteiger partial charge < -0.3 is 4.90 Å². The Morgan fingerprint density at radius 2 is 2.13 bits per heavy atom. The van der Waals surface area contributed by atoms with E-state index >= 15 is 0 Å². The van der Waals surface area contributed by atoms with Crippen LogP contribution in [0.5, 0.6) is 0 Å². The van der Waals surface area contributed by atoms with E-state index < -0.39 is 0 Å². The van der Waals surface area contributed by atoms with Crippen molar-refractivity contribution in [3.05, 3.63) is 30.3 Å². The molecule has 2 aliphatic rings. The van der Waals surface area contributed by atoms with Gasteiger partial charge >= 0.3 is 0 Å². The fourth-order valence-corrected chi connectivity index (χ4v) is 3.46. The molecule has 0 radical (unpaired) electrons. The summed E-state index contributed by atoms with van der Waals surface area (Å²) >= 11 is 2.02. The number of anilines is 1. The topological polar surface area (TPSA) is 15.6 Å². The minimum absolute atomic E-state index is 0.218. The Hall–Kier alpha value is -0.960. The number of rotatable bonds is 1. The van der Waals surface area contributed by atoms with Gasteiger partial charge in [0.1, 0.15) is 11.4 Å². The number of nitrogens with zero attached hydrogens (tertiary/aromatic N) is 2. The van der Waals surface area contributed by atoms with Crippen LogP contribution in [0.2, 0.25) is 0 Å². The van der Waals surface area contributed by atoms with Gasteiger partial charge in [0.15, 0.2) is 0 Å². The zero-order valence-electron chi connectivity index (χ0n) is 8.81. The zero-order valence-corrected chi connectivity index (χ0v) is 9.63. The molecule has 1 spiro atoms. The summed E-state index contributed by atoms with van der Waals surface area (Å²) in [6.45, 7) is 0. The SMILES string of the molecule is CN(C1=N[C@]12CCSC2)c1ccccc1. The summed E-state index contributed by atoms with van der Waals surface area (Å²) in [5.41, 5.74) is 1.46. The van der Waals surface area contributed by atoms with E-state index in [0.717, 1.165) is 0 Å². The van der Waals surface area contributed by atoms with Crippen molar-refractivity contribution in [2.45, 2.75) is 12.0 Å². The van der Waals surface area contributed by atoms with Crippen LogP contribution in [0.1, 0.15) is 6.42 Å². The average Bonchev–Trinajstić information content (AvgIpc) is 2.77. The molecule has 1 atom stereocenters. The molecule has 0 amide bonds. The van der Waals surface area contributed by atoms with E-state index in [0.29, 0.717) is 0 Å². The van der Waals surface area contributed by atoms with Gasteiger partial charge in [-0.15, -0.1) is 0 Å². The highest BCUT2D eigenvalue weighted by Crippen LogP contribution is 2.43. The predicted molar refractivity (Wildman–Crippen MR) is 67.0 cm³/mol. The van der Waals surface area contributed by atoms with Crippen LogP contribution >= 0.6 is 11.8 Å². The van der Waals surface area contributed by atoms with Crippen LogP contribution in [0.25, 0.3) is 0 Å². The quantitative estimate of drug-likeness (QED) is 0.719. The molecule has 0 aliphatic carbocycles. The summed E-state index contributed by atoms with van der Waals surface area (Å²) in [6.07, 6.45) is 1.23. The number of aliphatic imine (C=N–C) groups is 1. The summed E-state index contributed by atoms with van der Waals surface area (Å²) in [4.78, 5) is 6.91. The normalized spacial score (nSPS) is 27.9. The molecule has 3 heteroatoms. The van der Waals surface area contributed by atoms with Gasteiger partial charge in [-0.2, -0.15) is 11.8 Å². The Labute approximate surface area is 94.4 Å². The maximum Gasteiger partial charge on any atom is 0.133 e. The maximum absolute atomic E-state index is 4.68. The van der Waals surface area contributed by atoms with Crippen molar-refractivity contribution in [1.29, 1.82) is 0 Å². The second-order valence-corrected chi connectivity index (χ2v) is 5.27. The first kappa shape index (κ1) is 9.28. The third kappa shape index (κ3) is 1.46. The molecule has 1 aromatic carbocycles. The molecule has 1 saturated heterocycles. The highest BCUT2D eigenvalue weighted by Gasteiger charge is 2.51. The van der Waals surface area contributed by atoms with Crippen LogP contribution in [0.3, 0.4) is 0 Å². The fourth-order valence-electron chi connectivity index (χ4n) is 2.15. The lowest BCUT2D eigenvalue weighted by atomic mass is 10.1. The number of thioether (sulfide) groups is 1. The van der Waals surface area contributed by atoms with Gasteiger partial charge in [0.2, 0.25) is 0 Å². The molecule has 0 unspecified atom stereocenters. The number of para-hydroxylation sites is 1. The van der Waals surface area contributed by atoms with E-state index in [9.17, 15) is 0 Å². The van der Waals surface area contributed by atoms with Crippen molar-refractivity contribution >= 4 is 23.3 Å². The molecule has 1 fully saturated rings. The number of benzene rings is 1. The highest BCUT2D eigenvalue weighted by atomic mass is 32.2. The molecule has 2 nitrogen and oxygen atoms in total. The van der Waals surface area contributed by atoms with Gasteiger partial charge in [-0.3, -0.25) is 4.99 Å². The Morgan fingerprint density at radius 1 is 1.33 bits per heavy atom. The Kier molecular flexibility index (Phi) is 2.02. The van der Waals surface area contributed by atoms with Crippen LogP contribution in [0.4, 0.5) is 5.69 Å². The third-order valence-corrected chi connectivity index (χ3v) is 4.32. The average molecular weight is 218 g/mol. The highest BCUT2D eigenvalue weighted by molar-refractivity contribution is 7.99. The summed E-state index contributed by atoms with van der Waals surface area (Å²) in [5, 5.41) is 0. The van der Waals surface area contributed by atoms with Crippen molar-refractivity contribution in [2.75, 3.05) is 23.5 Å². The van der Waals surface area contributed by atoms with Crippen molar-refractivity contribution in [1.82, 2.24) is 0 Å². The van der Waals surface area contributed by atoms with E-state index in [1.54, 1.807) is 0 Å². The minimum atomic E-state index is 0.218. The van der Waals surface area contributed by atoms with E-state index in [1.165, 1.54) is 29.4 Å². The second kappa shape index (κ2) is 3.27. The molecular weight excluding hydrogens is 204 g/mol. The number of hydrogen-bond donors (Lipinski definition) is 0. The van der Waals surface area contributed by atoms with Crippen LogP contribution in [-0.4, -0.2) is 29.9 Å². The molecule has 2 aliphatic heterocycles. The summed E-state index contributed by atoms with van der Waals surface area (Å²) in [6, 6.07) is 10.5. The molecule has 0 aromatic heterocycles. The molecule has 0 N–H and O–H groups in total. The van der Waals surface area contributed by atoms with Gasteiger partial charge in [-0.1, -0.05) is 18.2 Å². The molecule has 3 rings (SSSR count). The molecule has 1 aromatic rings. The summed E-state index contributed by atoms with van der Waals surface area (Å²) < 4.78 is 0. The first-order valence-corrected chi connectivity index (χ1v) is 6.44. The molecule has 78 valence electrons. The standard InChI is InChI=1S/C12H14N2S/c1-14(10-5-3-2-4-6-10)11-12(13-11)7-8-15-9-12/h2-6H,7-9H2,1H3/t12-/m0/s1. The van der Waals surface area contributed by atoms with Crippen LogP contribution in [0, 0.1) is 0 Å².